The molecule has 9 heteroatoms. The molecule has 0 aliphatic carbocycles. The van der Waals surface area contributed by atoms with Crippen molar-refractivity contribution in [2.75, 3.05) is 19.4 Å². The highest BCUT2D eigenvalue weighted by Crippen LogP contribution is 2.51. The summed E-state index contributed by atoms with van der Waals surface area (Å²) < 4.78 is 28.4. The Morgan fingerprint density at radius 2 is 1.83 bits per heavy atom. The minimum Gasteiger partial charge on any atom is -0.348 e. The second-order valence-electron chi connectivity index (χ2n) is 7.00. The summed E-state index contributed by atoms with van der Waals surface area (Å²) in [5.41, 5.74) is 0. The molecule has 3 fully saturated rings. The molecule has 3 saturated heterocycles. The Morgan fingerprint density at radius 3 is 2.35 bits per heavy atom. The van der Waals surface area contributed by atoms with Crippen molar-refractivity contribution in [2.45, 2.75) is 68.6 Å². The van der Waals surface area contributed by atoms with Crippen LogP contribution in [0.1, 0.15) is 27.7 Å². The predicted octanol–water partition coefficient (Wildman–Crippen LogP) is 1.39. The molecule has 0 N–H and O–H groups in total. The van der Waals surface area contributed by atoms with E-state index in [0.717, 1.165) is 0 Å². The molecule has 0 aromatic heterocycles. The highest BCUT2D eigenvalue weighted by atomic mass is 32.2. The lowest BCUT2D eigenvalue weighted by molar-refractivity contribution is -0.488. The summed E-state index contributed by atoms with van der Waals surface area (Å²) in [5.74, 6) is -1.56. The maximum Gasteiger partial charge on any atom is 0.223 e. The van der Waals surface area contributed by atoms with E-state index in [4.69, 9.17) is 23.7 Å². The van der Waals surface area contributed by atoms with Crippen molar-refractivity contribution >= 4 is 11.8 Å². The maximum atomic E-state index is 11.3. The summed E-state index contributed by atoms with van der Waals surface area (Å²) in [6, 6.07) is 0. The number of hydrogen-bond acceptors (Lipinski definition) is 8. The molecule has 0 bridgehead atoms. The average Bonchev–Trinajstić information content (AvgIpc) is 3.00. The van der Waals surface area contributed by atoms with Crippen LogP contribution in [0.2, 0.25) is 0 Å². The molecule has 23 heavy (non-hydrogen) atoms. The second-order valence-corrected chi connectivity index (χ2v) is 8.17. The van der Waals surface area contributed by atoms with Gasteiger partial charge in [-0.1, -0.05) is 0 Å². The number of nitro groups is 1. The number of rotatable bonds is 4. The van der Waals surface area contributed by atoms with Gasteiger partial charge in [0.1, 0.15) is 23.1 Å². The summed E-state index contributed by atoms with van der Waals surface area (Å²) in [4.78, 5) is 11.0. The Bertz CT molecular complexity index is 500. The highest BCUT2D eigenvalue weighted by Gasteiger charge is 2.68. The molecule has 8 nitrogen and oxygen atoms in total. The molecule has 3 rings (SSSR count). The third kappa shape index (κ3) is 2.98. The number of fused-ring (bicyclic) bond motifs is 1. The van der Waals surface area contributed by atoms with E-state index in [1.165, 1.54) is 11.8 Å². The van der Waals surface area contributed by atoms with Gasteiger partial charge in [0.15, 0.2) is 17.9 Å². The van der Waals surface area contributed by atoms with Crippen molar-refractivity contribution in [2.24, 2.45) is 0 Å². The van der Waals surface area contributed by atoms with E-state index < -0.39 is 40.9 Å². The molecule has 0 spiro atoms. The number of nitrogens with zero attached hydrogens (tertiary/aromatic N) is 1. The molecule has 3 heterocycles. The lowest BCUT2D eigenvalue weighted by atomic mass is 9.93. The quantitative estimate of drug-likeness (QED) is 0.556. The van der Waals surface area contributed by atoms with Crippen LogP contribution in [0.25, 0.3) is 0 Å². The van der Waals surface area contributed by atoms with Crippen LogP contribution in [0.5, 0.6) is 0 Å². The minimum atomic E-state index is -0.892. The lowest BCUT2D eigenvalue weighted by Gasteiger charge is -2.35. The molecule has 0 radical (unpaired) electrons. The van der Waals surface area contributed by atoms with Crippen molar-refractivity contribution in [1.29, 1.82) is 0 Å². The molecule has 0 aromatic carbocycles. The maximum absolute atomic E-state index is 11.3. The van der Waals surface area contributed by atoms with Crippen molar-refractivity contribution in [3.05, 3.63) is 10.1 Å². The second kappa shape index (κ2) is 5.53. The smallest absolute Gasteiger partial charge is 0.223 e. The number of ether oxygens (including phenoxy) is 5. The van der Waals surface area contributed by atoms with Crippen LogP contribution in [0.3, 0.4) is 0 Å². The van der Waals surface area contributed by atoms with Gasteiger partial charge in [0.05, 0.1) is 6.61 Å². The first-order valence-corrected chi connectivity index (χ1v) is 8.81. The van der Waals surface area contributed by atoms with Crippen molar-refractivity contribution in [1.82, 2.24) is 0 Å². The van der Waals surface area contributed by atoms with Gasteiger partial charge >= 0.3 is 0 Å². The fourth-order valence-corrected chi connectivity index (χ4v) is 4.59. The normalized spacial score (nSPS) is 44.4. The zero-order valence-electron chi connectivity index (χ0n) is 13.9. The molecule has 0 saturated carbocycles. The van der Waals surface area contributed by atoms with E-state index in [2.05, 4.69) is 0 Å². The van der Waals surface area contributed by atoms with Crippen LogP contribution < -0.4 is 0 Å². The highest BCUT2D eigenvalue weighted by molar-refractivity contribution is 8.00. The number of hydrogen-bond donors (Lipinski definition) is 0. The molecule has 0 amide bonds. The molecule has 5 atom stereocenters. The first kappa shape index (κ1) is 17.4. The fourth-order valence-electron chi connectivity index (χ4n) is 3.53. The van der Waals surface area contributed by atoms with Gasteiger partial charge in [-0.05, 0) is 34.0 Å². The molecule has 3 aliphatic rings. The average molecular weight is 349 g/mol. The Morgan fingerprint density at radius 1 is 1.13 bits per heavy atom. The SMILES string of the molecule is CSC1(C[N+](=O)[O-])[C@@H]([C@H]2COC(C)(C)O2)O[C@@H]2OC(C)(C)O[C@@H]21. The summed E-state index contributed by atoms with van der Waals surface area (Å²) in [6.45, 7) is 7.21. The zero-order chi connectivity index (χ0) is 17.0. The van der Waals surface area contributed by atoms with E-state index >= 15 is 0 Å². The first-order valence-electron chi connectivity index (χ1n) is 7.58. The molecular formula is C14H23NO7S. The summed E-state index contributed by atoms with van der Waals surface area (Å²) in [5, 5.41) is 11.3. The van der Waals surface area contributed by atoms with Gasteiger partial charge in [-0.3, -0.25) is 10.1 Å². The van der Waals surface area contributed by atoms with Crippen LogP contribution in [-0.4, -0.2) is 65.3 Å². The molecule has 3 aliphatic heterocycles. The fraction of sp³-hybridized carbons (Fsp3) is 1.00. The third-order valence-electron chi connectivity index (χ3n) is 4.43. The first-order chi connectivity index (χ1) is 10.6. The number of thioether (sulfide) groups is 1. The van der Waals surface area contributed by atoms with Gasteiger partial charge in [0.2, 0.25) is 6.54 Å². The Labute approximate surface area is 139 Å². The lowest BCUT2D eigenvalue weighted by Crippen LogP contribution is -2.55. The Kier molecular flexibility index (Phi) is 4.18. The van der Waals surface area contributed by atoms with E-state index in [9.17, 15) is 10.1 Å². The molecule has 132 valence electrons. The predicted molar refractivity (Wildman–Crippen MR) is 81.7 cm³/mol. The van der Waals surface area contributed by atoms with Gasteiger partial charge in [-0.25, -0.2) is 0 Å². The zero-order valence-corrected chi connectivity index (χ0v) is 14.8. The van der Waals surface area contributed by atoms with Crippen molar-refractivity contribution in [3.63, 3.8) is 0 Å². The van der Waals surface area contributed by atoms with Crippen molar-refractivity contribution in [3.8, 4) is 0 Å². The summed E-state index contributed by atoms with van der Waals surface area (Å²) in [7, 11) is 0. The van der Waals surface area contributed by atoms with Crippen LogP contribution >= 0.6 is 11.8 Å². The molecular weight excluding hydrogens is 326 g/mol. The van der Waals surface area contributed by atoms with E-state index in [-0.39, 0.29) is 11.5 Å². The Balaban J connectivity index is 1.91. The monoisotopic (exact) mass is 349 g/mol. The van der Waals surface area contributed by atoms with Crippen LogP contribution in [0.15, 0.2) is 0 Å². The standard InChI is InChI=1S/C14H23NO7S/c1-12(2)18-6-8(20-12)9-14(23-5,7-15(16)17)10-11(19-9)22-13(3,4)21-10/h8-11H,6-7H2,1-5H3/t8-,9-,10+,11-,14?/m1/s1. The van der Waals surface area contributed by atoms with E-state index in [1.807, 2.05) is 20.1 Å². The van der Waals surface area contributed by atoms with E-state index in [1.54, 1.807) is 13.8 Å². The molecule has 1 unspecified atom stereocenters. The van der Waals surface area contributed by atoms with Crippen molar-refractivity contribution < 1.29 is 28.6 Å². The largest absolute Gasteiger partial charge is 0.348 e. The van der Waals surface area contributed by atoms with Crippen LogP contribution in [-0.2, 0) is 23.7 Å². The van der Waals surface area contributed by atoms with Gasteiger partial charge < -0.3 is 23.7 Å². The topological polar surface area (TPSA) is 89.3 Å². The van der Waals surface area contributed by atoms with Gasteiger partial charge in [-0.15, -0.1) is 11.8 Å². The van der Waals surface area contributed by atoms with Gasteiger partial charge in [-0.2, -0.15) is 0 Å². The summed E-state index contributed by atoms with van der Waals surface area (Å²) in [6.07, 6.45) is -0.295. The van der Waals surface area contributed by atoms with Gasteiger partial charge in [0.25, 0.3) is 0 Å². The molecule has 0 aromatic rings. The Hall–Kier alpha value is -0.450. The van der Waals surface area contributed by atoms with Crippen LogP contribution in [0.4, 0.5) is 0 Å². The third-order valence-corrected chi connectivity index (χ3v) is 5.78. The van der Waals surface area contributed by atoms with Crippen LogP contribution in [0, 0.1) is 10.1 Å². The van der Waals surface area contributed by atoms with E-state index in [0.29, 0.717) is 6.61 Å². The summed E-state index contributed by atoms with van der Waals surface area (Å²) >= 11 is 1.37. The minimum absolute atomic E-state index is 0.292. The van der Waals surface area contributed by atoms with Gasteiger partial charge in [0, 0.05) is 4.92 Å².